The van der Waals surface area contributed by atoms with E-state index in [0.29, 0.717) is 5.75 Å². The van der Waals surface area contributed by atoms with Gasteiger partial charge in [-0.2, -0.15) is 0 Å². The molecular formula is C21H33NO2. The lowest BCUT2D eigenvalue weighted by Gasteiger charge is -2.26. The first-order chi connectivity index (χ1) is 11.7. The summed E-state index contributed by atoms with van der Waals surface area (Å²) in [6.07, 6.45) is 14.6. The molecule has 1 fully saturated rings. The zero-order chi connectivity index (χ0) is 17.2. The largest absolute Gasteiger partial charge is 0.425 e. The van der Waals surface area contributed by atoms with Gasteiger partial charge in [0.25, 0.3) is 0 Å². The first-order valence-electron chi connectivity index (χ1n) is 9.89. The molecule has 1 aromatic heterocycles. The average molecular weight is 332 g/mol. The molecule has 0 saturated heterocycles. The van der Waals surface area contributed by atoms with Gasteiger partial charge in [-0.05, 0) is 56.6 Å². The van der Waals surface area contributed by atoms with E-state index < -0.39 is 0 Å². The number of carbonyl (C=O) groups is 1. The van der Waals surface area contributed by atoms with Crippen LogP contribution in [0.4, 0.5) is 0 Å². The number of aromatic nitrogens is 1. The lowest BCUT2D eigenvalue weighted by molar-refractivity contribution is -0.140. The molecule has 134 valence electrons. The maximum atomic E-state index is 12.3. The highest BCUT2D eigenvalue weighted by Gasteiger charge is 2.26. The van der Waals surface area contributed by atoms with Crippen LogP contribution in [-0.4, -0.2) is 11.0 Å². The van der Waals surface area contributed by atoms with Gasteiger partial charge in [0.15, 0.2) is 0 Å². The van der Waals surface area contributed by atoms with Gasteiger partial charge in [0.1, 0.15) is 5.75 Å². The molecule has 1 aliphatic carbocycles. The molecule has 0 bridgehead atoms. The Kier molecular flexibility index (Phi) is 8.27. The highest BCUT2D eigenvalue weighted by Crippen LogP contribution is 2.31. The van der Waals surface area contributed by atoms with Gasteiger partial charge in [0.05, 0.1) is 12.1 Å². The van der Waals surface area contributed by atoms with Crippen molar-refractivity contribution >= 4 is 5.97 Å². The number of rotatable bonds is 9. The fourth-order valence-corrected chi connectivity index (χ4v) is 3.53. The third-order valence-electron chi connectivity index (χ3n) is 5.31. The second-order valence-electron chi connectivity index (χ2n) is 7.20. The fourth-order valence-electron chi connectivity index (χ4n) is 3.53. The Balaban J connectivity index is 1.72. The molecule has 0 amide bonds. The van der Waals surface area contributed by atoms with Crippen molar-refractivity contribution in [1.29, 1.82) is 0 Å². The summed E-state index contributed by atoms with van der Waals surface area (Å²) in [6, 6.07) is 3.89. The third kappa shape index (κ3) is 6.26. The second-order valence-corrected chi connectivity index (χ2v) is 7.20. The molecule has 1 saturated carbocycles. The van der Waals surface area contributed by atoms with E-state index in [1.807, 2.05) is 12.1 Å². The normalized spacial score (nSPS) is 20.8. The van der Waals surface area contributed by atoms with E-state index in [4.69, 9.17) is 4.74 Å². The van der Waals surface area contributed by atoms with E-state index in [1.54, 1.807) is 6.20 Å². The Morgan fingerprint density at radius 1 is 1.08 bits per heavy atom. The van der Waals surface area contributed by atoms with Crippen molar-refractivity contribution in [2.75, 3.05) is 0 Å². The quantitative estimate of drug-likeness (QED) is 0.429. The molecule has 0 aliphatic heterocycles. The number of hydrogen-bond donors (Lipinski definition) is 0. The molecule has 24 heavy (non-hydrogen) atoms. The van der Waals surface area contributed by atoms with E-state index in [-0.39, 0.29) is 11.9 Å². The van der Waals surface area contributed by atoms with Crippen LogP contribution in [0.25, 0.3) is 0 Å². The van der Waals surface area contributed by atoms with E-state index in [9.17, 15) is 4.79 Å². The molecule has 0 spiro atoms. The molecule has 0 atom stereocenters. The zero-order valence-corrected chi connectivity index (χ0v) is 15.4. The van der Waals surface area contributed by atoms with Crippen molar-refractivity contribution < 1.29 is 9.53 Å². The Labute approximate surface area is 147 Å². The number of unbranched alkanes of at least 4 members (excludes halogenated alkanes) is 4. The van der Waals surface area contributed by atoms with Crippen molar-refractivity contribution in [3.63, 3.8) is 0 Å². The molecule has 0 radical (unpaired) electrons. The van der Waals surface area contributed by atoms with E-state index in [2.05, 4.69) is 18.8 Å². The third-order valence-corrected chi connectivity index (χ3v) is 5.31. The number of aryl methyl sites for hydroxylation is 1. The molecule has 0 unspecified atom stereocenters. The Bertz CT molecular complexity index is 475. The smallest absolute Gasteiger partial charge is 0.314 e. The van der Waals surface area contributed by atoms with Crippen LogP contribution >= 0.6 is 0 Å². The predicted molar refractivity (Wildman–Crippen MR) is 98.1 cm³/mol. The second kappa shape index (κ2) is 10.5. The van der Waals surface area contributed by atoms with Gasteiger partial charge in [-0.1, -0.05) is 46.0 Å². The lowest BCUT2D eigenvalue weighted by Crippen LogP contribution is -2.25. The molecule has 0 N–H and O–H groups in total. The SMILES string of the molecule is CCCCCCCc1ccc(OC(=O)[C@H]2CC[C@H](CC)CC2)cn1. The van der Waals surface area contributed by atoms with Crippen LogP contribution in [0.5, 0.6) is 5.75 Å². The van der Waals surface area contributed by atoms with Crippen LogP contribution in [0.15, 0.2) is 18.3 Å². The minimum absolute atomic E-state index is 0.0707. The summed E-state index contributed by atoms with van der Waals surface area (Å²) in [4.78, 5) is 16.7. The van der Waals surface area contributed by atoms with Crippen molar-refractivity contribution in [2.24, 2.45) is 11.8 Å². The number of pyridine rings is 1. The van der Waals surface area contributed by atoms with Crippen LogP contribution in [0.3, 0.4) is 0 Å². The van der Waals surface area contributed by atoms with Gasteiger partial charge in [-0.3, -0.25) is 9.78 Å². The fraction of sp³-hybridized carbons (Fsp3) is 0.714. The molecular weight excluding hydrogens is 298 g/mol. The highest BCUT2D eigenvalue weighted by molar-refractivity contribution is 5.75. The van der Waals surface area contributed by atoms with E-state index in [1.165, 1.54) is 38.5 Å². The first-order valence-corrected chi connectivity index (χ1v) is 9.89. The summed E-state index contributed by atoms with van der Waals surface area (Å²) in [6.45, 7) is 4.47. The molecule has 1 aromatic rings. The topological polar surface area (TPSA) is 39.2 Å². The highest BCUT2D eigenvalue weighted by atomic mass is 16.5. The maximum Gasteiger partial charge on any atom is 0.314 e. The summed E-state index contributed by atoms with van der Waals surface area (Å²) < 4.78 is 5.53. The Hall–Kier alpha value is -1.38. The van der Waals surface area contributed by atoms with Gasteiger partial charge >= 0.3 is 5.97 Å². The number of carbonyl (C=O) groups excluding carboxylic acids is 1. The minimum Gasteiger partial charge on any atom is -0.425 e. The van der Waals surface area contributed by atoms with Crippen molar-refractivity contribution in [1.82, 2.24) is 4.98 Å². The minimum atomic E-state index is -0.0707. The summed E-state index contributed by atoms with van der Waals surface area (Å²) in [5.74, 6) is 1.39. The molecule has 2 rings (SSSR count). The predicted octanol–water partition coefficient (Wildman–Crippen LogP) is 5.72. The summed E-state index contributed by atoms with van der Waals surface area (Å²) in [5.41, 5.74) is 1.09. The molecule has 3 nitrogen and oxygen atoms in total. The van der Waals surface area contributed by atoms with Gasteiger partial charge in [0, 0.05) is 5.69 Å². The number of ether oxygens (including phenoxy) is 1. The Morgan fingerprint density at radius 2 is 1.83 bits per heavy atom. The van der Waals surface area contributed by atoms with Crippen LogP contribution in [0.1, 0.15) is 83.7 Å². The molecule has 1 heterocycles. The number of nitrogens with zero attached hydrogens (tertiary/aromatic N) is 1. The van der Waals surface area contributed by atoms with Crippen LogP contribution < -0.4 is 4.74 Å². The number of esters is 1. The van der Waals surface area contributed by atoms with Crippen LogP contribution in [0.2, 0.25) is 0 Å². The van der Waals surface area contributed by atoms with Crippen molar-refractivity contribution in [3.05, 3.63) is 24.0 Å². The monoisotopic (exact) mass is 331 g/mol. The summed E-state index contributed by atoms with van der Waals surface area (Å²) >= 11 is 0. The van der Waals surface area contributed by atoms with Gasteiger partial charge < -0.3 is 4.74 Å². The Morgan fingerprint density at radius 3 is 2.46 bits per heavy atom. The zero-order valence-electron chi connectivity index (χ0n) is 15.4. The van der Waals surface area contributed by atoms with Gasteiger partial charge in [-0.25, -0.2) is 0 Å². The molecule has 1 aliphatic rings. The molecule has 0 aromatic carbocycles. The van der Waals surface area contributed by atoms with Crippen molar-refractivity contribution in [3.8, 4) is 5.75 Å². The van der Waals surface area contributed by atoms with E-state index in [0.717, 1.165) is 43.7 Å². The maximum absolute atomic E-state index is 12.3. The lowest BCUT2D eigenvalue weighted by atomic mass is 9.81. The average Bonchev–Trinajstić information content (AvgIpc) is 2.63. The standard InChI is InChI=1S/C21H33NO2/c1-3-5-6-7-8-9-19-14-15-20(16-22-19)24-21(23)18-12-10-17(4-2)11-13-18/h14-18H,3-13H2,1-2H3/t17-,18-. The van der Waals surface area contributed by atoms with Crippen LogP contribution in [0, 0.1) is 11.8 Å². The first kappa shape index (κ1) is 19.0. The summed E-state index contributed by atoms with van der Waals surface area (Å²) in [5, 5.41) is 0. The van der Waals surface area contributed by atoms with Gasteiger partial charge in [0.2, 0.25) is 0 Å². The summed E-state index contributed by atoms with van der Waals surface area (Å²) in [7, 11) is 0. The molecule has 3 heteroatoms. The van der Waals surface area contributed by atoms with Gasteiger partial charge in [-0.15, -0.1) is 0 Å². The van der Waals surface area contributed by atoms with Crippen molar-refractivity contribution in [2.45, 2.75) is 84.5 Å². The number of hydrogen-bond acceptors (Lipinski definition) is 3. The van der Waals surface area contributed by atoms with E-state index >= 15 is 0 Å². The van der Waals surface area contributed by atoms with Crippen LogP contribution in [-0.2, 0) is 11.2 Å².